The van der Waals surface area contributed by atoms with E-state index in [1.165, 1.54) is 0 Å². The molecule has 4 heteroatoms. The molecule has 0 aromatic rings. The summed E-state index contributed by atoms with van der Waals surface area (Å²) in [5, 5.41) is 12.2. The molecule has 70 valence electrons. The molecule has 0 saturated carbocycles. The van der Waals surface area contributed by atoms with Crippen LogP contribution >= 0.6 is 0 Å². The Morgan fingerprint density at radius 1 is 1.75 bits per heavy atom. The molecule has 1 aliphatic heterocycles. The Hall–Kier alpha value is -0.610. The zero-order valence-electron chi connectivity index (χ0n) is 7.41. The third kappa shape index (κ3) is 1.76. The van der Waals surface area contributed by atoms with Crippen LogP contribution in [0.1, 0.15) is 13.8 Å². The first-order valence-electron chi connectivity index (χ1n) is 4.25. The molecule has 0 amide bonds. The molecule has 1 saturated heterocycles. The Bertz CT molecular complexity index is 172. The van der Waals surface area contributed by atoms with Crippen molar-refractivity contribution in [1.82, 2.24) is 5.32 Å². The average molecular weight is 173 g/mol. The number of esters is 1. The van der Waals surface area contributed by atoms with Gasteiger partial charge in [0.2, 0.25) is 0 Å². The molecule has 0 bridgehead atoms. The standard InChI is InChI=1S/C8H15NO3/c1-3-12-8(11)7-5(2)6(10)4-9-7/h5-7,9-10H,3-4H2,1-2H3/t5-,6+,7-/m0/s1. The summed E-state index contributed by atoms with van der Waals surface area (Å²) < 4.78 is 4.83. The zero-order valence-corrected chi connectivity index (χ0v) is 7.41. The zero-order chi connectivity index (χ0) is 9.14. The summed E-state index contributed by atoms with van der Waals surface area (Å²) in [6.45, 7) is 4.48. The SMILES string of the molecule is CCOC(=O)[C@H]1NC[C@@H](O)[C@@H]1C. The van der Waals surface area contributed by atoms with E-state index in [4.69, 9.17) is 4.74 Å². The van der Waals surface area contributed by atoms with E-state index in [0.29, 0.717) is 13.2 Å². The van der Waals surface area contributed by atoms with Crippen LogP contribution in [0, 0.1) is 5.92 Å². The number of β-amino-alcohol motifs (C(OH)–C–C–N with tert-alkyl or cyclic N) is 1. The molecule has 0 unspecified atom stereocenters. The molecule has 0 aromatic carbocycles. The van der Waals surface area contributed by atoms with Crippen LogP contribution in [-0.4, -0.2) is 36.4 Å². The number of hydrogen-bond donors (Lipinski definition) is 2. The highest BCUT2D eigenvalue weighted by Gasteiger charge is 2.36. The van der Waals surface area contributed by atoms with Crippen molar-refractivity contribution in [1.29, 1.82) is 0 Å². The number of hydrogen-bond acceptors (Lipinski definition) is 4. The molecule has 0 radical (unpaired) electrons. The first-order valence-corrected chi connectivity index (χ1v) is 4.25. The van der Waals surface area contributed by atoms with Gasteiger partial charge in [-0.2, -0.15) is 0 Å². The smallest absolute Gasteiger partial charge is 0.323 e. The maximum atomic E-state index is 11.2. The average Bonchev–Trinajstić information content (AvgIpc) is 2.34. The van der Waals surface area contributed by atoms with Gasteiger partial charge in [0.25, 0.3) is 0 Å². The highest BCUT2D eigenvalue weighted by atomic mass is 16.5. The van der Waals surface area contributed by atoms with E-state index in [2.05, 4.69) is 5.32 Å². The van der Waals surface area contributed by atoms with Crippen molar-refractivity contribution in [2.75, 3.05) is 13.2 Å². The highest BCUT2D eigenvalue weighted by Crippen LogP contribution is 2.16. The normalized spacial score (nSPS) is 35.1. The lowest BCUT2D eigenvalue weighted by molar-refractivity contribution is -0.146. The summed E-state index contributed by atoms with van der Waals surface area (Å²) in [5.74, 6) is -0.314. The Labute approximate surface area is 71.9 Å². The van der Waals surface area contributed by atoms with E-state index in [1.807, 2.05) is 6.92 Å². The Kier molecular flexibility index (Phi) is 3.05. The van der Waals surface area contributed by atoms with E-state index in [-0.39, 0.29) is 17.9 Å². The number of aliphatic hydroxyl groups excluding tert-OH is 1. The van der Waals surface area contributed by atoms with E-state index in [0.717, 1.165) is 0 Å². The van der Waals surface area contributed by atoms with E-state index < -0.39 is 6.10 Å². The second kappa shape index (κ2) is 3.87. The summed E-state index contributed by atoms with van der Waals surface area (Å²) in [4.78, 5) is 11.2. The molecule has 0 spiro atoms. The van der Waals surface area contributed by atoms with Gasteiger partial charge in [-0.25, -0.2) is 0 Å². The van der Waals surface area contributed by atoms with Gasteiger partial charge in [-0.05, 0) is 6.92 Å². The minimum absolute atomic E-state index is 0.0518. The van der Waals surface area contributed by atoms with Crippen molar-refractivity contribution in [3.05, 3.63) is 0 Å². The molecule has 2 N–H and O–H groups in total. The highest BCUT2D eigenvalue weighted by molar-refractivity contribution is 5.76. The van der Waals surface area contributed by atoms with Crippen molar-refractivity contribution >= 4 is 5.97 Å². The third-order valence-electron chi connectivity index (χ3n) is 2.22. The summed E-state index contributed by atoms with van der Waals surface area (Å²) in [5.41, 5.74) is 0. The fraction of sp³-hybridized carbons (Fsp3) is 0.875. The van der Waals surface area contributed by atoms with Crippen molar-refractivity contribution in [2.24, 2.45) is 5.92 Å². The van der Waals surface area contributed by atoms with Crippen molar-refractivity contribution in [3.63, 3.8) is 0 Å². The molecule has 1 heterocycles. The molecule has 12 heavy (non-hydrogen) atoms. The predicted molar refractivity (Wildman–Crippen MR) is 43.6 cm³/mol. The van der Waals surface area contributed by atoms with Gasteiger partial charge in [-0.1, -0.05) is 6.92 Å². The number of rotatable bonds is 2. The van der Waals surface area contributed by atoms with Crippen molar-refractivity contribution in [3.8, 4) is 0 Å². The Morgan fingerprint density at radius 3 is 2.83 bits per heavy atom. The van der Waals surface area contributed by atoms with Crippen LogP contribution in [-0.2, 0) is 9.53 Å². The lowest BCUT2D eigenvalue weighted by Gasteiger charge is -2.14. The molecule has 0 aliphatic carbocycles. The summed E-state index contributed by atoms with van der Waals surface area (Å²) in [6.07, 6.45) is -0.431. The van der Waals surface area contributed by atoms with E-state index >= 15 is 0 Å². The summed E-state index contributed by atoms with van der Waals surface area (Å²) >= 11 is 0. The van der Waals surface area contributed by atoms with Crippen LogP contribution in [0.2, 0.25) is 0 Å². The van der Waals surface area contributed by atoms with E-state index in [9.17, 15) is 9.90 Å². The topological polar surface area (TPSA) is 58.6 Å². The second-order valence-corrected chi connectivity index (χ2v) is 3.06. The lowest BCUT2D eigenvalue weighted by atomic mass is 10.0. The fourth-order valence-corrected chi connectivity index (χ4v) is 1.37. The number of carbonyl (C=O) groups is 1. The Morgan fingerprint density at radius 2 is 2.42 bits per heavy atom. The van der Waals surface area contributed by atoms with Gasteiger partial charge < -0.3 is 15.2 Å². The van der Waals surface area contributed by atoms with Crippen molar-refractivity contribution in [2.45, 2.75) is 26.0 Å². The first-order chi connectivity index (χ1) is 5.66. The molecule has 3 atom stereocenters. The summed E-state index contributed by atoms with van der Waals surface area (Å²) in [6, 6.07) is -0.333. The minimum atomic E-state index is -0.431. The number of carbonyl (C=O) groups excluding carboxylic acids is 1. The molecular weight excluding hydrogens is 158 g/mol. The van der Waals surface area contributed by atoms with Gasteiger partial charge in [0.15, 0.2) is 0 Å². The van der Waals surface area contributed by atoms with Crippen LogP contribution in [0.5, 0.6) is 0 Å². The van der Waals surface area contributed by atoms with Gasteiger partial charge in [0, 0.05) is 12.5 Å². The quantitative estimate of drug-likeness (QED) is 0.554. The molecule has 1 rings (SSSR count). The largest absolute Gasteiger partial charge is 0.465 e. The number of nitrogens with one attached hydrogen (secondary N) is 1. The molecule has 1 aliphatic rings. The van der Waals surface area contributed by atoms with E-state index in [1.54, 1.807) is 6.92 Å². The third-order valence-corrected chi connectivity index (χ3v) is 2.22. The van der Waals surface area contributed by atoms with Crippen LogP contribution in [0.3, 0.4) is 0 Å². The van der Waals surface area contributed by atoms with Crippen LogP contribution in [0.4, 0.5) is 0 Å². The van der Waals surface area contributed by atoms with Crippen molar-refractivity contribution < 1.29 is 14.6 Å². The molecule has 0 aromatic heterocycles. The second-order valence-electron chi connectivity index (χ2n) is 3.06. The molecule has 1 fully saturated rings. The van der Waals surface area contributed by atoms with Crippen LogP contribution < -0.4 is 5.32 Å². The maximum Gasteiger partial charge on any atom is 0.323 e. The monoisotopic (exact) mass is 173 g/mol. The van der Waals surface area contributed by atoms with Gasteiger partial charge in [-0.15, -0.1) is 0 Å². The van der Waals surface area contributed by atoms with Gasteiger partial charge in [-0.3, -0.25) is 4.79 Å². The summed E-state index contributed by atoms with van der Waals surface area (Å²) in [7, 11) is 0. The van der Waals surface area contributed by atoms with Crippen LogP contribution in [0.15, 0.2) is 0 Å². The van der Waals surface area contributed by atoms with Gasteiger partial charge in [0.1, 0.15) is 6.04 Å². The molecular formula is C8H15NO3. The fourth-order valence-electron chi connectivity index (χ4n) is 1.37. The number of ether oxygens (including phenoxy) is 1. The van der Waals surface area contributed by atoms with Crippen LogP contribution in [0.25, 0.3) is 0 Å². The first kappa shape index (κ1) is 9.48. The predicted octanol–water partition coefficient (Wildman–Crippen LogP) is -0.482. The number of aliphatic hydroxyl groups is 1. The lowest BCUT2D eigenvalue weighted by Crippen LogP contribution is -2.36. The minimum Gasteiger partial charge on any atom is -0.465 e. The molecule has 4 nitrogen and oxygen atoms in total. The Balaban J connectivity index is 2.47. The van der Waals surface area contributed by atoms with Gasteiger partial charge in [0.05, 0.1) is 12.7 Å². The maximum absolute atomic E-state index is 11.2. The van der Waals surface area contributed by atoms with Gasteiger partial charge >= 0.3 is 5.97 Å².